The predicted octanol–water partition coefficient (Wildman–Crippen LogP) is 3.22. The van der Waals surface area contributed by atoms with E-state index < -0.39 is 6.10 Å². The third kappa shape index (κ3) is 2.93. The number of thiophene rings is 1. The van der Waals surface area contributed by atoms with E-state index in [0.29, 0.717) is 47.3 Å². The Labute approximate surface area is 132 Å². The Balaban J connectivity index is 1.95. The van der Waals surface area contributed by atoms with Crippen LogP contribution in [0, 0.1) is 0 Å². The van der Waals surface area contributed by atoms with Gasteiger partial charge in [0.25, 0.3) is 5.91 Å². The first kappa shape index (κ1) is 14.9. The zero-order valence-corrected chi connectivity index (χ0v) is 13.0. The zero-order chi connectivity index (χ0) is 15.5. The van der Waals surface area contributed by atoms with Crippen LogP contribution in [0.4, 0.5) is 5.69 Å². The predicted molar refractivity (Wildman–Crippen MR) is 85.0 cm³/mol. The van der Waals surface area contributed by atoms with Gasteiger partial charge in [0, 0.05) is 11.6 Å². The number of aliphatic hydroxyl groups excluding tert-OH is 1. The quantitative estimate of drug-likeness (QED) is 0.908. The van der Waals surface area contributed by atoms with Crippen LogP contribution >= 0.6 is 11.3 Å². The van der Waals surface area contributed by atoms with Gasteiger partial charge in [-0.05, 0) is 23.9 Å². The lowest BCUT2D eigenvalue weighted by Gasteiger charge is -2.23. The molecule has 0 spiro atoms. The molecule has 1 aliphatic heterocycles. The average Bonchev–Trinajstić information content (AvgIpc) is 3.08. The highest BCUT2D eigenvalue weighted by molar-refractivity contribution is 7.12. The Kier molecular flexibility index (Phi) is 4.31. The fourth-order valence-electron chi connectivity index (χ4n) is 2.30. The smallest absolute Gasteiger partial charge is 0.265 e. The van der Waals surface area contributed by atoms with Crippen molar-refractivity contribution in [3.8, 4) is 11.5 Å². The first-order chi connectivity index (χ1) is 10.7. The van der Waals surface area contributed by atoms with Gasteiger partial charge in [0.2, 0.25) is 0 Å². The Morgan fingerprint density at radius 3 is 2.73 bits per heavy atom. The zero-order valence-electron chi connectivity index (χ0n) is 12.2. The molecular weight excluding hydrogens is 302 g/mol. The lowest BCUT2D eigenvalue weighted by molar-refractivity contribution is 0.103. The molecule has 2 heterocycles. The van der Waals surface area contributed by atoms with E-state index >= 15 is 0 Å². The monoisotopic (exact) mass is 319 g/mol. The third-order valence-electron chi connectivity index (χ3n) is 3.45. The Morgan fingerprint density at radius 2 is 2.09 bits per heavy atom. The molecule has 5 nitrogen and oxygen atoms in total. The molecule has 0 saturated carbocycles. The number of fused-ring (bicyclic) bond motifs is 1. The highest BCUT2D eigenvalue weighted by Crippen LogP contribution is 2.39. The molecule has 1 amide bonds. The minimum absolute atomic E-state index is 0.198. The van der Waals surface area contributed by atoms with Crippen molar-refractivity contribution in [2.45, 2.75) is 19.4 Å². The Morgan fingerprint density at radius 1 is 1.36 bits per heavy atom. The van der Waals surface area contributed by atoms with Gasteiger partial charge in [-0.15, -0.1) is 11.3 Å². The molecule has 1 aliphatic rings. The van der Waals surface area contributed by atoms with Crippen molar-refractivity contribution in [3.63, 3.8) is 0 Å². The minimum Gasteiger partial charge on any atom is -0.486 e. The van der Waals surface area contributed by atoms with Crippen molar-refractivity contribution < 1.29 is 19.4 Å². The average molecular weight is 319 g/mol. The molecular formula is C16H17NO4S. The normalized spacial score (nSPS) is 14.5. The van der Waals surface area contributed by atoms with Crippen molar-refractivity contribution in [1.29, 1.82) is 0 Å². The molecule has 0 radical (unpaired) electrons. The van der Waals surface area contributed by atoms with Crippen LogP contribution in [0.2, 0.25) is 0 Å². The minimum atomic E-state index is -0.672. The van der Waals surface area contributed by atoms with Gasteiger partial charge in [0.1, 0.15) is 13.2 Å². The molecule has 0 bridgehead atoms. The van der Waals surface area contributed by atoms with Gasteiger partial charge in [-0.1, -0.05) is 13.0 Å². The van der Waals surface area contributed by atoms with Gasteiger partial charge in [-0.2, -0.15) is 0 Å². The number of aliphatic hydroxyl groups is 1. The maximum atomic E-state index is 12.3. The van der Waals surface area contributed by atoms with Crippen molar-refractivity contribution in [2.24, 2.45) is 0 Å². The molecule has 0 unspecified atom stereocenters. The van der Waals surface area contributed by atoms with Crippen molar-refractivity contribution in [2.75, 3.05) is 18.5 Å². The van der Waals surface area contributed by atoms with Gasteiger partial charge >= 0.3 is 0 Å². The van der Waals surface area contributed by atoms with Crippen LogP contribution in [0.3, 0.4) is 0 Å². The van der Waals surface area contributed by atoms with E-state index in [0.717, 1.165) is 0 Å². The second-order valence-corrected chi connectivity index (χ2v) is 5.89. The molecule has 116 valence electrons. The van der Waals surface area contributed by atoms with Crippen molar-refractivity contribution in [3.05, 3.63) is 40.1 Å². The molecule has 3 rings (SSSR count). The summed E-state index contributed by atoms with van der Waals surface area (Å²) < 4.78 is 11.1. The number of amides is 1. The standard InChI is InChI=1S/C16H17NO4S/c1-2-12(18)10-8-13-14(21-6-5-20-13)9-11(10)17-16(19)15-4-3-7-22-15/h3-4,7-9,12,18H,2,5-6H2,1H3,(H,17,19)/t12-/m0/s1. The largest absolute Gasteiger partial charge is 0.486 e. The van der Waals surface area contributed by atoms with E-state index in [9.17, 15) is 9.90 Å². The second kappa shape index (κ2) is 6.37. The van der Waals surface area contributed by atoms with Crippen LogP contribution in [0.5, 0.6) is 11.5 Å². The van der Waals surface area contributed by atoms with E-state index in [1.807, 2.05) is 18.4 Å². The van der Waals surface area contributed by atoms with Crippen molar-refractivity contribution in [1.82, 2.24) is 0 Å². The molecule has 0 fully saturated rings. The van der Waals surface area contributed by atoms with Crippen molar-refractivity contribution >= 4 is 22.9 Å². The number of rotatable bonds is 4. The summed E-state index contributed by atoms with van der Waals surface area (Å²) in [5, 5.41) is 14.9. The number of carbonyl (C=O) groups is 1. The van der Waals surface area contributed by atoms with Crippen LogP contribution < -0.4 is 14.8 Å². The summed E-state index contributed by atoms with van der Waals surface area (Å²) in [6.45, 7) is 2.84. The van der Waals surface area contributed by atoms with Crippen LogP contribution in [0.1, 0.15) is 34.7 Å². The number of carbonyl (C=O) groups excluding carboxylic acids is 1. The Bertz CT molecular complexity index is 669. The first-order valence-electron chi connectivity index (χ1n) is 7.15. The highest BCUT2D eigenvalue weighted by Gasteiger charge is 2.21. The summed E-state index contributed by atoms with van der Waals surface area (Å²) in [4.78, 5) is 12.9. The first-order valence-corrected chi connectivity index (χ1v) is 8.03. The van der Waals surface area contributed by atoms with E-state index in [1.165, 1.54) is 11.3 Å². The molecule has 2 aromatic rings. The van der Waals surface area contributed by atoms with E-state index in [2.05, 4.69) is 5.32 Å². The van der Waals surface area contributed by atoms with Crippen LogP contribution in [0.15, 0.2) is 29.6 Å². The molecule has 1 aromatic carbocycles. The van der Waals surface area contributed by atoms with Gasteiger partial charge in [0.05, 0.1) is 16.7 Å². The fraction of sp³-hybridized carbons (Fsp3) is 0.312. The topological polar surface area (TPSA) is 67.8 Å². The van der Waals surface area contributed by atoms with E-state index in [-0.39, 0.29) is 5.91 Å². The number of hydrogen-bond acceptors (Lipinski definition) is 5. The second-order valence-electron chi connectivity index (χ2n) is 4.94. The SMILES string of the molecule is CC[C@H](O)c1cc2c(cc1NC(=O)c1cccs1)OCCO2. The molecule has 1 aromatic heterocycles. The van der Waals surface area contributed by atoms with E-state index in [4.69, 9.17) is 9.47 Å². The number of anilines is 1. The number of hydrogen-bond donors (Lipinski definition) is 2. The molecule has 1 atom stereocenters. The summed E-state index contributed by atoms with van der Waals surface area (Å²) in [7, 11) is 0. The highest BCUT2D eigenvalue weighted by atomic mass is 32.1. The van der Waals surface area contributed by atoms with E-state index in [1.54, 1.807) is 18.2 Å². The summed E-state index contributed by atoms with van der Waals surface area (Å²) in [6, 6.07) is 7.04. The lowest BCUT2D eigenvalue weighted by Crippen LogP contribution is -2.18. The van der Waals surface area contributed by atoms with Crippen LogP contribution in [0.25, 0.3) is 0 Å². The molecule has 6 heteroatoms. The maximum Gasteiger partial charge on any atom is 0.265 e. The molecule has 0 aliphatic carbocycles. The van der Waals surface area contributed by atoms with Gasteiger partial charge in [0.15, 0.2) is 11.5 Å². The molecule has 2 N–H and O–H groups in total. The summed E-state index contributed by atoms with van der Waals surface area (Å²) in [5.41, 5.74) is 1.19. The summed E-state index contributed by atoms with van der Waals surface area (Å²) in [6.07, 6.45) is -0.129. The van der Waals surface area contributed by atoms with Crippen LogP contribution in [-0.2, 0) is 0 Å². The van der Waals surface area contributed by atoms with Gasteiger partial charge in [-0.25, -0.2) is 0 Å². The number of nitrogens with one attached hydrogen (secondary N) is 1. The summed E-state index contributed by atoms with van der Waals surface area (Å²) >= 11 is 1.37. The molecule has 22 heavy (non-hydrogen) atoms. The third-order valence-corrected chi connectivity index (χ3v) is 4.32. The Hall–Kier alpha value is -2.05. The number of benzene rings is 1. The lowest BCUT2D eigenvalue weighted by atomic mass is 10.0. The fourth-order valence-corrected chi connectivity index (χ4v) is 2.92. The van der Waals surface area contributed by atoms with Crippen LogP contribution in [-0.4, -0.2) is 24.2 Å². The maximum absolute atomic E-state index is 12.3. The summed E-state index contributed by atoms with van der Waals surface area (Å²) in [5.74, 6) is 0.985. The van der Waals surface area contributed by atoms with Gasteiger partial charge in [-0.3, -0.25) is 4.79 Å². The molecule has 0 saturated heterocycles. The number of ether oxygens (including phenoxy) is 2. The van der Waals surface area contributed by atoms with Gasteiger partial charge < -0.3 is 19.9 Å².